The van der Waals surface area contributed by atoms with Gasteiger partial charge in [0.15, 0.2) is 0 Å². The number of hydrogen-bond acceptors (Lipinski definition) is 2. The molecule has 24 heavy (non-hydrogen) atoms. The molecule has 0 saturated heterocycles. The van der Waals surface area contributed by atoms with Crippen LogP contribution in [-0.2, 0) is 0 Å². The first-order chi connectivity index (χ1) is 11.9. The topological polar surface area (TPSA) is 0 Å². The summed E-state index contributed by atoms with van der Waals surface area (Å²) in [5.41, 5.74) is 1.84. The first-order valence-corrected chi connectivity index (χ1v) is 8.87. The van der Waals surface area contributed by atoms with E-state index < -0.39 is 0 Å². The molecule has 0 bridgehead atoms. The Balaban J connectivity index is 1.62. The molecule has 0 nitrogen and oxygen atoms in total. The maximum Gasteiger partial charge on any atom is 0.0778 e. The third-order valence-corrected chi connectivity index (χ3v) is 4.41. The summed E-state index contributed by atoms with van der Waals surface area (Å²) >= 11 is 3.23. The molecule has 0 fully saturated rings. The lowest BCUT2D eigenvalue weighted by Gasteiger charge is -1.90. The Morgan fingerprint density at radius 3 is 1.29 bits per heavy atom. The SMILES string of the molecule is C(C#Cc1cccs1)#Cc1ccc(C#CC#Cc2cccs2)cc1. The number of rotatable bonds is 0. The number of thiophene rings is 2. The molecule has 0 radical (unpaired) electrons. The predicted molar refractivity (Wildman–Crippen MR) is 103 cm³/mol. The van der Waals surface area contributed by atoms with E-state index in [0.29, 0.717) is 0 Å². The summed E-state index contributed by atoms with van der Waals surface area (Å²) in [6, 6.07) is 15.7. The van der Waals surface area contributed by atoms with Crippen LogP contribution in [0, 0.1) is 47.4 Å². The standard InChI is InChI=1S/C22H10S2/c1(3-9-21-11-5-17-23-21)7-19-13-15-20(16-14-19)8-2-4-10-22-12-6-18-24-22/h5-6,11-18H. The van der Waals surface area contributed by atoms with E-state index in [2.05, 4.69) is 47.4 Å². The molecule has 0 N–H and O–H groups in total. The fourth-order valence-electron chi connectivity index (χ4n) is 1.73. The van der Waals surface area contributed by atoms with Crippen molar-refractivity contribution in [3.63, 3.8) is 0 Å². The highest BCUT2D eigenvalue weighted by Gasteiger charge is 1.88. The van der Waals surface area contributed by atoms with Crippen molar-refractivity contribution in [3.8, 4) is 47.4 Å². The van der Waals surface area contributed by atoms with Crippen LogP contribution < -0.4 is 0 Å². The van der Waals surface area contributed by atoms with Gasteiger partial charge >= 0.3 is 0 Å². The Kier molecular flexibility index (Phi) is 5.56. The van der Waals surface area contributed by atoms with E-state index >= 15 is 0 Å². The Morgan fingerprint density at radius 1 is 0.500 bits per heavy atom. The van der Waals surface area contributed by atoms with Crippen LogP contribution in [0.1, 0.15) is 20.9 Å². The van der Waals surface area contributed by atoms with Crippen LogP contribution in [0.25, 0.3) is 0 Å². The first-order valence-electron chi connectivity index (χ1n) is 7.11. The van der Waals surface area contributed by atoms with Crippen molar-refractivity contribution < 1.29 is 0 Å². The molecule has 0 aliphatic heterocycles. The molecule has 2 heterocycles. The van der Waals surface area contributed by atoms with Crippen LogP contribution in [0.4, 0.5) is 0 Å². The number of hydrogen-bond donors (Lipinski definition) is 0. The third-order valence-electron chi connectivity index (χ3n) is 2.84. The molecule has 110 valence electrons. The van der Waals surface area contributed by atoms with E-state index in [1.165, 1.54) is 0 Å². The van der Waals surface area contributed by atoms with Gasteiger partial charge in [-0.3, -0.25) is 0 Å². The summed E-state index contributed by atoms with van der Waals surface area (Å²) in [4.78, 5) is 2.05. The van der Waals surface area contributed by atoms with Gasteiger partial charge in [-0.15, -0.1) is 22.7 Å². The second-order valence-electron chi connectivity index (χ2n) is 4.53. The second kappa shape index (κ2) is 8.48. The second-order valence-corrected chi connectivity index (χ2v) is 6.43. The van der Waals surface area contributed by atoms with Gasteiger partial charge in [-0.05, 0) is 82.7 Å². The van der Waals surface area contributed by atoms with E-state index in [4.69, 9.17) is 0 Å². The molecular formula is C22H10S2. The normalized spacial score (nSPS) is 8.33. The van der Waals surface area contributed by atoms with Crippen molar-refractivity contribution in [3.05, 3.63) is 80.2 Å². The molecule has 0 aliphatic rings. The Hall–Kier alpha value is -3.14. The maximum atomic E-state index is 3.03. The van der Waals surface area contributed by atoms with Crippen LogP contribution >= 0.6 is 22.7 Å². The molecule has 0 atom stereocenters. The Labute approximate surface area is 150 Å². The van der Waals surface area contributed by atoms with Gasteiger partial charge in [0.1, 0.15) is 0 Å². The Morgan fingerprint density at radius 2 is 0.917 bits per heavy atom. The average molecular weight is 338 g/mol. The van der Waals surface area contributed by atoms with Crippen LogP contribution in [-0.4, -0.2) is 0 Å². The molecule has 0 spiro atoms. The molecular weight excluding hydrogens is 328 g/mol. The van der Waals surface area contributed by atoms with Gasteiger partial charge in [0, 0.05) is 11.1 Å². The van der Waals surface area contributed by atoms with Gasteiger partial charge < -0.3 is 0 Å². The fourth-order valence-corrected chi connectivity index (χ4v) is 2.87. The van der Waals surface area contributed by atoms with Gasteiger partial charge in [-0.25, -0.2) is 0 Å². The van der Waals surface area contributed by atoms with E-state index in [0.717, 1.165) is 20.9 Å². The molecule has 3 rings (SSSR count). The van der Waals surface area contributed by atoms with Crippen molar-refractivity contribution in [1.29, 1.82) is 0 Å². The van der Waals surface area contributed by atoms with Crippen molar-refractivity contribution >= 4 is 22.7 Å². The highest BCUT2D eigenvalue weighted by atomic mass is 32.1. The molecule has 0 aliphatic carbocycles. The van der Waals surface area contributed by atoms with Gasteiger partial charge in [-0.1, -0.05) is 24.0 Å². The zero-order valence-corrected chi connectivity index (χ0v) is 14.2. The van der Waals surface area contributed by atoms with Gasteiger partial charge in [0.2, 0.25) is 0 Å². The van der Waals surface area contributed by atoms with Crippen molar-refractivity contribution in [2.75, 3.05) is 0 Å². The zero-order chi connectivity index (χ0) is 16.5. The van der Waals surface area contributed by atoms with Crippen LogP contribution in [0.15, 0.2) is 59.3 Å². The van der Waals surface area contributed by atoms with E-state index in [-0.39, 0.29) is 0 Å². The minimum absolute atomic E-state index is 0.922. The summed E-state index contributed by atoms with van der Waals surface area (Å²) in [7, 11) is 0. The summed E-state index contributed by atoms with van der Waals surface area (Å²) in [6.45, 7) is 0. The predicted octanol–water partition coefficient (Wildman–Crippen LogP) is 4.62. The lowest BCUT2D eigenvalue weighted by Crippen LogP contribution is -1.76. The minimum atomic E-state index is 0.922. The summed E-state index contributed by atoms with van der Waals surface area (Å²) in [5, 5.41) is 4.00. The maximum absolute atomic E-state index is 3.03. The van der Waals surface area contributed by atoms with Gasteiger partial charge in [-0.2, -0.15) is 0 Å². The van der Waals surface area contributed by atoms with Gasteiger partial charge in [0.25, 0.3) is 0 Å². The number of benzene rings is 1. The van der Waals surface area contributed by atoms with E-state index in [1.54, 1.807) is 22.7 Å². The largest absolute Gasteiger partial charge is 0.135 e. The fraction of sp³-hybridized carbons (Fsp3) is 0. The summed E-state index contributed by atoms with van der Waals surface area (Å²) in [6.07, 6.45) is 0. The van der Waals surface area contributed by atoms with Crippen LogP contribution in [0.3, 0.4) is 0 Å². The smallest absolute Gasteiger partial charge is 0.0778 e. The first kappa shape index (κ1) is 15.7. The summed E-state index contributed by atoms with van der Waals surface area (Å²) in [5.74, 6) is 23.5. The average Bonchev–Trinajstić information content (AvgIpc) is 3.30. The van der Waals surface area contributed by atoms with Crippen LogP contribution in [0.2, 0.25) is 0 Å². The monoisotopic (exact) mass is 338 g/mol. The highest BCUT2D eigenvalue weighted by Crippen LogP contribution is 2.06. The highest BCUT2D eigenvalue weighted by molar-refractivity contribution is 7.10. The molecule has 3 aromatic rings. The van der Waals surface area contributed by atoms with E-state index in [1.807, 2.05) is 59.3 Å². The quantitative estimate of drug-likeness (QED) is 0.525. The van der Waals surface area contributed by atoms with Crippen LogP contribution in [0.5, 0.6) is 0 Å². The minimum Gasteiger partial charge on any atom is -0.135 e. The molecule has 1 aromatic carbocycles. The third kappa shape index (κ3) is 4.95. The van der Waals surface area contributed by atoms with Crippen molar-refractivity contribution in [1.82, 2.24) is 0 Å². The zero-order valence-electron chi connectivity index (χ0n) is 12.6. The van der Waals surface area contributed by atoms with Crippen molar-refractivity contribution in [2.45, 2.75) is 0 Å². The Bertz CT molecular complexity index is 947. The molecule has 0 amide bonds. The molecule has 2 heteroatoms. The summed E-state index contributed by atoms with van der Waals surface area (Å²) < 4.78 is 0. The molecule has 2 aromatic heterocycles. The lowest BCUT2D eigenvalue weighted by molar-refractivity contribution is 1.60. The molecule has 0 saturated carbocycles. The van der Waals surface area contributed by atoms with E-state index in [9.17, 15) is 0 Å². The van der Waals surface area contributed by atoms with Gasteiger partial charge in [0.05, 0.1) is 9.75 Å². The lowest BCUT2D eigenvalue weighted by atomic mass is 10.1. The molecule has 0 unspecified atom stereocenters. The van der Waals surface area contributed by atoms with Crippen molar-refractivity contribution in [2.24, 2.45) is 0 Å².